The van der Waals surface area contributed by atoms with Gasteiger partial charge in [0.25, 0.3) is 0 Å². The lowest BCUT2D eigenvalue weighted by Crippen LogP contribution is -2.25. The predicted octanol–water partition coefficient (Wildman–Crippen LogP) is -0.167. The average Bonchev–Trinajstić information content (AvgIpc) is 2.01. The molecule has 0 aromatic carbocycles. The van der Waals surface area contributed by atoms with E-state index in [0.29, 0.717) is 13.0 Å². The zero-order valence-electron chi connectivity index (χ0n) is 9.52. The van der Waals surface area contributed by atoms with Crippen LogP contribution < -0.4 is 5.73 Å². The van der Waals surface area contributed by atoms with E-state index in [-0.39, 0.29) is 11.6 Å². The second-order valence-electron chi connectivity index (χ2n) is 3.74. The van der Waals surface area contributed by atoms with E-state index in [1.165, 1.54) is 0 Å². The van der Waals surface area contributed by atoms with Gasteiger partial charge in [0.15, 0.2) is 0 Å². The Balaban J connectivity index is 0. The van der Waals surface area contributed by atoms with Crippen LogP contribution in [-0.4, -0.2) is 40.3 Å². The Morgan fingerprint density at radius 2 is 1.50 bits per heavy atom. The van der Waals surface area contributed by atoms with E-state index in [0.717, 1.165) is 0 Å². The fraction of sp³-hybridized carbons (Fsp3) is 0.667. The highest BCUT2D eigenvalue weighted by atomic mass is 16.6. The minimum atomic E-state index is -1.82. The number of nitrogens with two attached hydrogens (primary N) is 1. The molecule has 94 valence electrons. The smallest absolute Gasteiger partial charge is 0.414 e. The average molecular weight is 235 g/mol. The largest absolute Gasteiger partial charge is 0.473 e. The quantitative estimate of drug-likeness (QED) is 0.448. The molecule has 0 amide bonds. The zero-order valence-corrected chi connectivity index (χ0v) is 9.52. The molecule has 0 unspecified atom stereocenters. The molecule has 0 radical (unpaired) electrons. The molecule has 0 heterocycles. The van der Waals surface area contributed by atoms with Crippen molar-refractivity contribution in [2.24, 2.45) is 5.73 Å². The van der Waals surface area contributed by atoms with Crippen LogP contribution in [0.5, 0.6) is 0 Å². The number of aliphatic carboxylic acids is 2. The van der Waals surface area contributed by atoms with Crippen LogP contribution in [0.15, 0.2) is 0 Å². The van der Waals surface area contributed by atoms with Crippen LogP contribution in [0.1, 0.15) is 27.2 Å². The van der Waals surface area contributed by atoms with E-state index in [4.69, 9.17) is 30.3 Å². The molecule has 4 N–H and O–H groups in total. The number of hydrogen-bond donors (Lipinski definition) is 3. The molecule has 0 bridgehead atoms. The number of esters is 1. The lowest BCUT2D eigenvalue weighted by atomic mass is 10.2. The molecular weight excluding hydrogens is 218 g/mol. The molecular formula is C9H17NO6. The van der Waals surface area contributed by atoms with Gasteiger partial charge in [-0.25, -0.2) is 9.59 Å². The van der Waals surface area contributed by atoms with Crippen molar-refractivity contribution in [3.05, 3.63) is 0 Å². The summed E-state index contributed by atoms with van der Waals surface area (Å²) in [4.78, 5) is 29.0. The molecule has 0 aromatic rings. The summed E-state index contributed by atoms with van der Waals surface area (Å²) in [7, 11) is 0. The number of carboxylic acids is 2. The van der Waals surface area contributed by atoms with Crippen molar-refractivity contribution >= 4 is 17.9 Å². The van der Waals surface area contributed by atoms with Crippen molar-refractivity contribution in [1.29, 1.82) is 0 Å². The number of carbonyl (C=O) groups excluding carboxylic acids is 1. The molecule has 0 aliphatic heterocycles. The minimum Gasteiger partial charge on any atom is -0.473 e. The topological polar surface area (TPSA) is 127 Å². The summed E-state index contributed by atoms with van der Waals surface area (Å²) in [6.45, 7) is 5.86. The van der Waals surface area contributed by atoms with Crippen molar-refractivity contribution < 1.29 is 29.3 Å². The molecule has 0 aliphatic rings. The Morgan fingerprint density at radius 1 is 1.12 bits per heavy atom. The van der Waals surface area contributed by atoms with E-state index in [1.54, 1.807) is 0 Å². The SMILES string of the molecule is CC(C)(C)OC(=O)CCN.O=C(O)C(=O)O. The molecule has 0 rings (SSSR count). The van der Waals surface area contributed by atoms with E-state index >= 15 is 0 Å². The zero-order chi connectivity index (χ0) is 13.4. The van der Waals surface area contributed by atoms with E-state index in [1.807, 2.05) is 20.8 Å². The van der Waals surface area contributed by atoms with Crippen molar-refractivity contribution in [2.45, 2.75) is 32.8 Å². The van der Waals surface area contributed by atoms with Gasteiger partial charge in [-0.05, 0) is 20.8 Å². The highest BCUT2D eigenvalue weighted by molar-refractivity contribution is 6.27. The molecule has 0 spiro atoms. The van der Waals surface area contributed by atoms with Crippen molar-refractivity contribution in [1.82, 2.24) is 0 Å². The van der Waals surface area contributed by atoms with Crippen LogP contribution in [-0.2, 0) is 19.1 Å². The molecule has 7 nitrogen and oxygen atoms in total. The first-order chi connectivity index (χ1) is 7.10. The molecule has 0 atom stereocenters. The first-order valence-corrected chi connectivity index (χ1v) is 4.48. The summed E-state index contributed by atoms with van der Waals surface area (Å²) in [6, 6.07) is 0. The van der Waals surface area contributed by atoms with Gasteiger partial charge in [0, 0.05) is 6.54 Å². The van der Waals surface area contributed by atoms with E-state index in [9.17, 15) is 4.79 Å². The van der Waals surface area contributed by atoms with Crippen LogP contribution in [0.25, 0.3) is 0 Å². The summed E-state index contributed by atoms with van der Waals surface area (Å²) in [5.74, 6) is -3.87. The van der Waals surface area contributed by atoms with Gasteiger partial charge in [-0.1, -0.05) is 0 Å². The number of carboxylic acid groups (broad SMARTS) is 2. The highest BCUT2D eigenvalue weighted by Crippen LogP contribution is 2.07. The summed E-state index contributed by atoms with van der Waals surface area (Å²) in [5, 5.41) is 14.8. The van der Waals surface area contributed by atoms with Gasteiger partial charge in [-0.15, -0.1) is 0 Å². The molecule has 0 saturated carbocycles. The third-order valence-electron chi connectivity index (χ3n) is 0.951. The van der Waals surface area contributed by atoms with Gasteiger partial charge < -0.3 is 20.7 Å². The highest BCUT2D eigenvalue weighted by Gasteiger charge is 2.14. The monoisotopic (exact) mass is 235 g/mol. The van der Waals surface area contributed by atoms with Crippen LogP contribution in [0.4, 0.5) is 0 Å². The first-order valence-electron chi connectivity index (χ1n) is 4.48. The van der Waals surface area contributed by atoms with Crippen LogP contribution >= 0.6 is 0 Å². The predicted molar refractivity (Wildman–Crippen MR) is 54.8 cm³/mol. The summed E-state index contributed by atoms with van der Waals surface area (Å²) in [5.41, 5.74) is 4.76. The fourth-order valence-electron chi connectivity index (χ4n) is 0.510. The second kappa shape index (κ2) is 7.63. The Hall–Kier alpha value is -1.63. The van der Waals surface area contributed by atoms with Crippen molar-refractivity contribution in [3.63, 3.8) is 0 Å². The van der Waals surface area contributed by atoms with Crippen LogP contribution in [0.2, 0.25) is 0 Å². The Kier molecular flexibility index (Phi) is 8.01. The maximum Gasteiger partial charge on any atom is 0.414 e. The number of ether oxygens (including phenoxy) is 1. The summed E-state index contributed by atoms with van der Waals surface area (Å²) in [6.07, 6.45) is 0.303. The molecule has 0 saturated heterocycles. The van der Waals surface area contributed by atoms with Gasteiger partial charge in [-0.3, -0.25) is 4.79 Å². The third kappa shape index (κ3) is 14.9. The maximum absolute atomic E-state index is 10.8. The lowest BCUT2D eigenvalue weighted by molar-refractivity contribution is -0.159. The Labute approximate surface area is 93.2 Å². The Bertz CT molecular complexity index is 243. The summed E-state index contributed by atoms with van der Waals surface area (Å²) < 4.78 is 4.96. The fourth-order valence-corrected chi connectivity index (χ4v) is 0.510. The number of hydrogen-bond acceptors (Lipinski definition) is 5. The van der Waals surface area contributed by atoms with Gasteiger partial charge in [-0.2, -0.15) is 0 Å². The lowest BCUT2D eigenvalue weighted by Gasteiger charge is -2.18. The van der Waals surface area contributed by atoms with Gasteiger partial charge in [0.05, 0.1) is 6.42 Å². The maximum atomic E-state index is 10.8. The van der Waals surface area contributed by atoms with Crippen LogP contribution in [0.3, 0.4) is 0 Å². The number of rotatable bonds is 2. The van der Waals surface area contributed by atoms with E-state index in [2.05, 4.69) is 0 Å². The molecule has 0 aromatic heterocycles. The molecule has 16 heavy (non-hydrogen) atoms. The minimum absolute atomic E-state index is 0.227. The number of carbonyl (C=O) groups is 3. The normalized spacial score (nSPS) is 9.75. The summed E-state index contributed by atoms with van der Waals surface area (Å²) >= 11 is 0. The van der Waals surface area contributed by atoms with Gasteiger partial charge in [0.1, 0.15) is 5.60 Å². The van der Waals surface area contributed by atoms with Crippen molar-refractivity contribution in [3.8, 4) is 0 Å². The Morgan fingerprint density at radius 3 is 1.69 bits per heavy atom. The van der Waals surface area contributed by atoms with Crippen LogP contribution in [0, 0.1) is 0 Å². The molecule has 0 fully saturated rings. The second-order valence-corrected chi connectivity index (χ2v) is 3.74. The van der Waals surface area contributed by atoms with Gasteiger partial charge in [0.2, 0.25) is 0 Å². The first kappa shape index (κ1) is 16.8. The molecule has 0 aliphatic carbocycles. The van der Waals surface area contributed by atoms with E-state index < -0.39 is 11.9 Å². The standard InChI is InChI=1S/C7H15NO2.C2H2O4/c1-7(2,3)10-6(9)4-5-8;3-1(4)2(5)6/h4-5,8H2,1-3H3;(H,3,4)(H,5,6). The third-order valence-corrected chi connectivity index (χ3v) is 0.951. The molecule has 7 heteroatoms. The van der Waals surface area contributed by atoms with Gasteiger partial charge >= 0.3 is 17.9 Å². The van der Waals surface area contributed by atoms with Crippen molar-refractivity contribution in [2.75, 3.05) is 6.54 Å².